The standard InChI is InChI=1S/C21H20O3S/c22-20(15-7-3-1-4-8-15)14-19-16-11-12-17(13-16)21(19)25(23,24)18-9-5-2-6-10-18/h1-12,16-17,20,22H,13-14H2/t16-,17+,20?/m1/s1. The lowest BCUT2D eigenvalue weighted by molar-refractivity contribution is 0.176. The van der Waals surface area contributed by atoms with Crippen molar-refractivity contribution in [2.24, 2.45) is 11.8 Å². The van der Waals surface area contributed by atoms with Gasteiger partial charge >= 0.3 is 0 Å². The van der Waals surface area contributed by atoms with E-state index in [1.165, 1.54) is 0 Å². The van der Waals surface area contributed by atoms with Crippen molar-refractivity contribution in [3.8, 4) is 0 Å². The van der Waals surface area contributed by atoms with Crippen LogP contribution in [-0.4, -0.2) is 13.5 Å². The SMILES string of the molecule is O=S(=O)(C1=C(CC(O)c2ccccc2)[C@@H]2C=C[C@H]1C2)c1ccccc1. The van der Waals surface area contributed by atoms with Gasteiger partial charge in [-0.15, -0.1) is 0 Å². The molecule has 0 radical (unpaired) electrons. The Bertz CT molecular complexity index is 928. The van der Waals surface area contributed by atoms with E-state index in [-0.39, 0.29) is 11.8 Å². The highest BCUT2D eigenvalue weighted by Crippen LogP contribution is 2.50. The maximum Gasteiger partial charge on any atom is 0.203 e. The fourth-order valence-electron chi connectivity index (χ4n) is 3.92. The Kier molecular flexibility index (Phi) is 4.10. The molecule has 1 unspecified atom stereocenters. The second-order valence-electron chi connectivity index (χ2n) is 6.67. The third-order valence-electron chi connectivity index (χ3n) is 5.13. The highest BCUT2D eigenvalue weighted by molar-refractivity contribution is 7.95. The molecule has 0 heterocycles. The molecule has 2 aliphatic rings. The van der Waals surface area contributed by atoms with Crippen LogP contribution in [0.1, 0.15) is 24.5 Å². The van der Waals surface area contributed by atoms with Crippen molar-refractivity contribution in [2.75, 3.05) is 0 Å². The number of allylic oxidation sites excluding steroid dienone is 3. The Morgan fingerprint density at radius 2 is 1.52 bits per heavy atom. The van der Waals surface area contributed by atoms with Gasteiger partial charge in [0.2, 0.25) is 9.84 Å². The molecule has 4 heteroatoms. The molecule has 0 aromatic heterocycles. The third kappa shape index (κ3) is 2.86. The smallest absolute Gasteiger partial charge is 0.203 e. The summed E-state index contributed by atoms with van der Waals surface area (Å²) in [6.45, 7) is 0. The van der Waals surface area contributed by atoms with E-state index in [0.717, 1.165) is 17.6 Å². The quantitative estimate of drug-likeness (QED) is 0.826. The lowest BCUT2D eigenvalue weighted by Gasteiger charge is -2.20. The number of hydrogen-bond donors (Lipinski definition) is 1. The van der Waals surface area contributed by atoms with Crippen molar-refractivity contribution in [3.63, 3.8) is 0 Å². The van der Waals surface area contributed by atoms with E-state index in [9.17, 15) is 13.5 Å². The number of benzene rings is 2. The van der Waals surface area contributed by atoms with Crippen molar-refractivity contribution in [3.05, 3.63) is 88.9 Å². The summed E-state index contributed by atoms with van der Waals surface area (Å²) < 4.78 is 26.4. The van der Waals surface area contributed by atoms with Gasteiger partial charge in [0.25, 0.3) is 0 Å². The molecule has 2 aliphatic carbocycles. The van der Waals surface area contributed by atoms with Crippen molar-refractivity contribution < 1.29 is 13.5 Å². The molecule has 0 spiro atoms. The lowest BCUT2D eigenvalue weighted by atomic mass is 9.94. The van der Waals surface area contributed by atoms with Gasteiger partial charge in [-0.2, -0.15) is 0 Å². The molecule has 25 heavy (non-hydrogen) atoms. The first-order chi connectivity index (χ1) is 12.1. The number of aliphatic hydroxyl groups is 1. The highest BCUT2D eigenvalue weighted by atomic mass is 32.2. The van der Waals surface area contributed by atoms with Gasteiger partial charge in [0, 0.05) is 18.3 Å². The predicted molar refractivity (Wildman–Crippen MR) is 97.4 cm³/mol. The average Bonchev–Trinajstić information content (AvgIpc) is 3.25. The number of hydrogen-bond acceptors (Lipinski definition) is 3. The first-order valence-corrected chi connectivity index (χ1v) is 10.00. The van der Waals surface area contributed by atoms with E-state index >= 15 is 0 Å². The van der Waals surface area contributed by atoms with Gasteiger partial charge in [-0.05, 0) is 29.7 Å². The molecular formula is C21H20O3S. The summed E-state index contributed by atoms with van der Waals surface area (Å²) in [6.07, 6.45) is 4.56. The summed E-state index contributed by atoms with van der Waals surface area (Å²) in [7, 11) is -3.53. The van der Waals surface area contributed by atoms with Gasteiger partial charge in [0.1, 0.15) is 0 Å². The lowest BCUT2D eigenvalue weighted by Crippen LogP contribution is -2.13. The van der Waals surface area contributed by atoms with Crippen molar-refractivity contribution in [1.29, 1.82) is 0 Å². The van der Waals surface area contributed by atoms with Gasteiger partial charge in [-0.3, -0.25) is 0 Å². The molecule has 0 saturated carbocycles. The summed E-state index contributed by atoms with van der Waals surface area (Å²) in [5, 5.41) is 10.6. The maximum absolute atomic E-state index is 13.2. The zero-order valence-electron chi connectivity index (χ0n) is 13.7. The van der Waals surface area contributed by atoms with Crippen molar-refractivity contribution >= 4 is 9.84 Å². The molecule has 0 saturated heterocycles. The molecule has 0 amide bonds. The van der Waals surface area contributed by atoms with Gasteiger partial charge in [0.15, 0.2) is 0 Å². The molecule has 2 bridgehead atoms. The van der Waals surface area contributed by atoms with Crippen LogP contribution < -0.4 is 0 Å². The summed E-state index contributed by atoms with van der Waals surface area (Å²) in [5.74, 6) is 0.0602. The zero-order chi connectivity index (χ0) is 17.4. The Labute approximate surface area is 148 Å². The van der Waals surface area contributed by atoms with E-state index in [0.29, 0.717) is 16.2 Å². The number of rotatable bonds is 5. The fraction of sp³-hybridized carbons (Fsp3) is 0.238. The normalized spacial score (nSPS) is 23.2. The fourth-order valence-corrected chi connectivity index (χ4v) is 5.85. The van der Waals surface area contributed by atoms with E-state index in [4.69, 9.17) is 0 Å². The number of sulfone groups is 1. The molecule has 3 atom stereocenters. The van der Waals surface area contributed by atoms with Crippen LogP contribution in [0.15, 0.2) is 88.2 Å². The maximum atomic E-state index is 13.2. The highest BCUT2D eigenvalue weighted by Gasteiger charge is 2.42. The number of aliphatic hydroxyl groups excluding tert-OH is 1. The predicted octanol–water partition coefficient (Wildman–Crippen LogP) is 4.04. The molecular weight excluding hydrogens is 332 g/mol. The molecule has 2 aromatic carbocycles. The number of fused-ring (bicyclic) bond motifs is 2. The van der Waals surface area contributed by atoms with Gasteiger partial charge in [-0.25, -0.2) is 8.42 Å². The minimum Gasteiger partial charge on any atom is -0.388 e. The topological polar surface area (TPSA) is 54.4 Å². The van der Waals surface area contributed by atoms with Crippen LogP contribution in [0.5, 0.6) is 0 Å². The second kappa shape index (κ2) is 6.28. The summed E-state index contributed by atoms with van der Waals surface area (Å²) in [5.41, 5.74) is 1.69. The average molecular weight is 352 g/mol. The first kappa shape index (κ1) is 16.3. The Hall–Kier alpha value is -2.17. The Morgan fingerprint density at radius 1 is 0.920 bits per heavy atom. The van der Waals surface area contributed by atoms with Crippen LogP contribution in [-0.2, 0) is 9.84 Å². The van der Waals surface area contributed by atoms with Crippen LogP contribution in [0.4, 0.5) is 0 Å². The molecule has 2 aromatic rings. The third-order valence-corrected chi connectivity index (χ3v) is 7.16. The zero-order valence-corrected chi connectivity index (χ0v) is 14.6. The van der Waals surface area contributed by atoms with Crippen molar-refractivity contribution in [2.45, 2.75) is 23.8 Å². The monoisotopic (exact) mass is 352 g/mol. The van der Waals surface area contributed by atoms with E-state index < -0.39 is 15.9 Å². The first-order valence-electron chi connectivity index (χ1n) is 8.52. The molecule has 0 fully saturated rings. The van der Waals surface area contributed by atoms with Crippen LogP contribution in [0, 0.1) is 11.8 Å². The van der Waals surface area contributed by atoms with E-state index in [1.807, 2.05) is 42.5 Å². The van der Waals surface area contributed by atoms with Gasteiger partial charge < -0.3 is 5.11 Å². The summed E-state index contributed by atoms with van der Waals surface area (Å²) in [6, 6.07) is 18.0. The van der Waals surface area contributed by atoms with Gasteiger partial charge in [-0.1, -0.05) is 60.7 Å². The second-order valence-corrected chi connectivity index (χ2v) is 8.59. The van der Waals surface area contributed by atoms with Crippen molar-refractivity contribution in [1.82, 2.24) is 0 Å². The minimum atomic E-state index is -3.53. The molecule has 1 N–H and O–H groups in total. The van der Waals surface area contributed by atoms with Crippen LogP contribution in [0.3, 0.4) is 0 Å². The van der Waals surface area contributed by atoms with E-state index in [1.54, 1.807) is 24.3 Å². The van der Waals surface area contributed by atoms with E-state index in [2.05, 4.69) is 6.08 Å². The van der Waals surface area contributed by atoms with Gasteiger partial charge in [0.05, 0.1) is 15.9 Å². The van der Waals surface area contributed by atoms with Crippen LogP contribution in [0.2, 0.25) is 0 Å². The molecule has 128 valence electrons. The molecule has 3 nitrogen and oxygen atoms in total. The van der Waals surface area contributed by atoms with Crippen LogP contribution >= 0.6 is 0 Å². The molecule has 4 rings (SSSR count). The Balaban J connectivity index is 1.73. The minimum absolute atomic E-state index is 0.0619. The van der Waals surface area contributed by atoms with Crippen LogP contribution in [0.25, 0.3) is 0 Å². The summed E-state index contributed by atoms with van der Waals surface area (Å²) >= 11 is 0. The molecule has 0 aliphatic heterocycles. The summed E-state index contributed by atoms with van der Waals surface area (Å²) in [4.78, 5) is 0.832. The largest absolute Gasteiger partial charge is 0.388 e. The Morgan fingerprint density at radius 3 is 2.20 bits per heavy atom.